The van der Waals surface area contributed by atoms with Gasteiger partial charge in [-0.2, -0.15) is 0 Å². The lowest BCUT2D eigenvalue weighted by atomic mass is 9.92. The molecule has 0 radical (unpaired) electrons. The number of nitrogens with zero attached hydrogens (tertiary/aromatic N) is 2. The molecule has 4 rings (SSSR count). The standard InChI is InChI=1S/C32H32N2O4/c1-35-27-17-9-5-13-23(27)21-33-31(25-15-7-11-19-29(25)37-3)32(26-16-8-12-20-30(26)38-4)34-22-24-14-6-10-18-28(24)36-2/h5-22,31-32H,1-4H3/t31-,32-/m0/s1. The Kier molecular flexibility index (Phi) is 9.13. The van der Waals surface area contributed by atoms with Crippen LogP contribution in [0.15, 0.2) is 107 Å². The Morgan fingerprint density at radius 3 is 1.13 bits per heavy atom. The Morgan fingerprint density at radius 1 is 0.447 bits per heavy atom. The van der Waals surface area contributed by atoms with Gasteiger partial charge in [0.15, 0.2) is 0 Å². The summed E-state index contributed by atoms with van der Waals surface area (Å²) in [7, 11) is 6.63. The smallest absolute Gasteiger partial charge is 0.127 e. The largest absolute Gasteiger partial charge is 0.496 e. The highest BCUT2D eigenvalue weighted by atomic mass is 16.5. The molecule has 0 saturated carbocycles. The predicted octanol–water partition coefficient (Wildman–Crippen LogP) is 6.74. The Hall–Kier alpha value is -4.58. The summed E-state index contributed by atoms with van der Waals surface area (Å²) in [5.41, 5.74) is 3.52. The summed E-state index contributed by atoms with van der Waals surface area (Å²) in [6, 6.07) is 30.4. The molecule has 0 fully saturated rings. The molecule has 0 aliphatic heterocycles. The summed E-state index contributed by atoms with van der Waals surface area (Å²) >= 11 is 0. The topological polar surface area (TPSA) is 61.6 Å². The maximum atomic E-state index is 5.76. The van der Waals surface area contributed by atoms with Gasteiger partial charge >= 0.3 is 0 Å². The molecule has 6 nitrogen and oxygen atoms in total. The average molecular weight is 509 g/mol. The van der Waals surface area contributed by atoms with Gasteiger partial charge in [0.25, 0.3) is 0 Å². The van der Waals surface area contributed by atoms with E-state index in [9.17, 15) is 0 Å². The maximum absolute atomic E-state index is 5.76. The number of benzene rings is 4. The Balaban J connectivity index is 1.91. The van der Waals surface area contributed by atoms with Gasteiger partial charge in [0.1, 0.15) is 35.1 Å². The first-order valence-corrected chi connectivity index (χ1v) is 12.3. The third kappa shape index (κ3) is 6.03. The van der Waals surface area contributed by atoms with Gasteiger partial charge in [-0.3, -0.25) is 9.98 Å². The lowest BCUT2D eigenvalue weighted by Crippen LogP contribution is -2.12. The molecule has 6 heteroatoms. The van der Waals surface area contributed by atoms with Crippen molar-refractivity contribution in [2.24, 2.45) is 9.98 Å². The van der Waals surface area contributed by atoms with Crippen LogP contribution in [0.5, 0.6) is 23.0 Å². The van der Waals surface area contributed by atoms with Gasteiger partial charge in [0, 0.05) is 34.7 Å². The first-order valence-electron chi connectivity index (χ1n) is 12.3. The number of hydrogen-bond donors (Lipinski definition) is 0. The number of aliphatic imine (C=N–C) groups is 2. The average Bonchev–Trinajstić information content (AvgIpc) is 2.99. The highest BCUT2D eigenvalue weighted by Gasteiger charge is 2.28. The van der Waals surface area contributed by atoms with Crippen LogP contribution < -0.4 is 18.9 Å². The van der Waals surface area contributed by atoms with Crippen molar-refractivity contribution < 1.29 is 18.9 Å². The van der Waals surface area contributed by atoms with Crippen molar-refractivity contribution >= 4 is 12.4 Å². The highest BCUT2D eigenvalue weighted by molar-refractivity contribution is 5.85. The van der Waals surface area contributed by atoms with Crippen LogP contribution in [0.25, 0.3) is 0 Å². The van der Waals surface area contributed by atoms with Crippen LogP contribution in [-0.4, -0.2) is 40.9 Å². The summed E-state index contributed by atoms with van der Waals surface area (Å²) in [6.07, 6.45) is 3.66. The third-order valence-electron chi connectivity index (χ3n) is 6.24. The second-order valence-electron chi connectivity index (χ2n) is 8.41. The van der Waals surface area contributed by atoms with Crippen LogP contribution in [0.4, 0.5) is 0 Å². The molecular weight excluding hydrogens is 476 g/mol. The molecule has 0 aliphatic rings. The molecule has 0 saturated heterocycles. The monoisotopic (exact) mass is 508 g/mol. The minimum atomic E-state index is -0.446. The van der Waals surface area contributed by atoms with Gasteiger partial charge in [0.2, 0.25) is 0 Å². The molecule has 4 aromatic carbocycles. The van der Waals surface area contributed by atoms with Crippen molar-refractivity contribution in [3.63, 3.8) is 0 Å². The fourth-order valence-corrected chi connectivity index (χ4v) is 4.35. The van der Waals surface area contributed by atoms with E-state index in [4.69, 9.17) is 28.9 Å². The molecule has 0 N–H and O–H groups in total. The first kappa shape index (κ1) is 26.5. The number of hydrogen-bond acceptors (Lipinski definition) is 6. The molecule has 0 spiro atoms. The van der Waals surface area contributed by atoms with Crippen LogP contribution in [0, 0.1) is 0 Å². The molecule has 4 aromatic rings. The van der Waals surface area contributed by atoms with E-state index in [2.05, 4.69) is 0 Å². The fraction of sp³-hybridized carbons (Fsp3) is 0.188. The van der Waals surface area contributed by atoms with Gasteiger partial charge in [-0.1, -0.05) is 60.7 Å². The quantitative estimate of drug-likeness (QED) is 0.211. The van der Waals surface area contributed by atoms with Crippen LogP contribution in [0.1, 0.15) is 34.3 Å². The summed E-state index contributed by atoms with van der Waals surface area (Å²) in [5.74, 6) is 2.92. The van der Waals surface area contributed by atoms with Gasteiger partial charge < -0.3 is 18.9 Å². The maximum Gasteiger partial charge on any atom is 0.127 e. The molecule has 2 atom stereocenters. The van der Waals surface area contributed by atoms with Crippen molar-refractivity contribution in [2.75, 3.05) is 28.4 Å². The normalized spacial score (nSPS) is 12.8. The van der Waals surface area contributed by atoms with Gasteiger partial charge in [-0.05, 0) is 36.4 Å². The van der Waals surface area contributed by atoms with Crippen molar-refractivity contribution in [1.29, 1.82) is 0 Å². The second kappa shape index (κ2) is 13.1. The zero-order chi connectivity index (χ0) is 26.7. The number of para-hydroxylation sites is 4. The van der Waals surface area contributed by atoms with Crippen molar-refractivity contribution in [3.05, 3.63) is 119 Å². The predicted molar refractivity (Wildman–Crippen MR) is 153 cm³/mol. The summed E-state index contributed by atoms with van der Waals surface area (Å²) < 4.78 is 22.6. The SMILES string of the molecule is COc1ccccc1C=N[C@@H](c1ccccc1OC)[C@@H](N=Cc1ccccc1OC)c1ccccc1OC. The van der Waals surface area contributed by atoms with E-state index in [0.717, 1.165) is 45.3 Å². The second-order valence-corrected chi connectivity index (χ2v) is 8.41. The van der Waals surface area contributed by atoms with Crippen molar-refractivity contribution in [2.45, 2.75) is 12.1 Å². The van der Waals surface area contributed by atoms with E-state index in [-0.39, 0.29) is 0 Å². The Morgan fingerprint density at radius 2 is 0.763 bits per heavy atom. The Labute approximate surface area is 224 Å². The van der Waals surface area contributed by atoms with E-state index >= 15 is 0 Å². The zero-order valence-corrected chi connectivity index (χ0v) is 22.1. The van der Waals surface area contributed by atoms with E-state index in [1.54, 1.807) is 28.4 Å². The van der Waals surface area contributed by atoms with Crippen LogP contribution in [0.3, 0.4) is 0 Å². The summed E-state index contributed by atoms with van der Waals surface area (Å²) in [4.78, 5) is 10.2. The minimum Gasteiger partial charge on any atom is -0.496 e. The number of rotatable bonds is 11. The van der Waals surface area contributed by atoms with E-state index in [0.29, 0.717) is 0 Å². The van der Waals surface area contributed by atoms with Gasteiger partial charge in [0.05, 0.1) is 28.4 Å². The molecule has 38 heavy (non-hydrogen) atoms. The molecule has 0 bridgehead atoms. The molecule has 0 aromatic heterocycles. The van der Waals surface area contributed by atoms with Gasteiger partial charge in [-0.25, -0.2) is 0 Å². The Bertz CT molecular complexity index is 1290. The van der Waals surface area contributed by atoms with E-state index in [1.165, 1.54) is 0 Å². The zero-order valence-electron chi connectivity index (χ0n) is 22.1. The third-order valence-corrected chi connectivity index (χ3v) is 6.24. The fourth-order valence-electron chi connectivity index (χ4n) is 4.35. The molecule has 194 valence electrons. The first-order chi connectivity index (χ1) is 18.7. The number of ether oxygens (including phenoxy) is 4. The van der Waals surface area contributed by atoms with Crippen molar-refractivity contribution in [3.8, 4) is 23.0 Å². The van der Waals surface area contributed by atoms with Crippen LogP contribution in [-0.2, 0) is 0 Å². The van der Waals surface area contributed by atoms with Gasteiger partial charge in [-0.15, -0.1) is 0 Å². The van der Waals surface area contributed by atoms with E-state index in [1.807, 2.05) is 109 Å². The van der Waals surface area contributed by atoms with Crippen LogP contribution >= 0.6 is 0 Å². The van der Waals surface area contributed by atoms with E-state index < -0.39 is 12.1 Å². The van der Waals surface area contributed by atoms with Crippen LogP contribution in [0.2, 0.25) is 0 Å². The lowest BCUT2D eigenvalue weighted by molar-refractivity contribution is 0.392. The minimum absolute atomic E-state index is 0.446. The lowest BCUT2D eigenvalue weighted by Gasteiger charge is -2.25. The summed E-state index contributed by atoms with van der Waals surface area (Å²) in [6.45, 7) is 0. The molecular formula is C32H32N2O4. The molecule has 0 unspecified atom stereocenters. The van der Waals surface area contributed by atoms with Crippen molar-refractivity contribution in [1.82, 2.24) is 0 Å². The molecule has 0 amide bonds. The molecule has 0 aliphatic carbocycles. The highest BCUT2D eigenvalue weighted by Crippen LogP contribution is 2.42. The molecule has 0 heterocycles. The summed E-state index contributed by atoms with van der Waals surface area (Å²) in [5, 5.41) is 0. The number of methoxy groups -OCH3 is 4.